The Labute approximate surface area is 121 Å². The molecule has 1 aliphatic carbocycles. The van der Waals surface area contributed by atoms with Crippen LogP contribution in [0.1, 0.15) is 16.1 Å². The van der Waals surface area contributed by atoms with Crippen molar-refractivity contribution in [3.05, 3.63) is 66.0 Å². The third-order valence-electron chi connectivity index (χ3n) is 3.76. The highest BCUT2D eigenvalue weighted by atomic mass is 16.5. The topological polar surface area (TPSA) is 44.1 Å². The lowest BCUT2D eigenvalue weighted by Gasteiger charge is -2.06. The second kappa shape index (κ2) is 4.31. The van der Waals surface area contributed by atoms with Crippen LogP contribution < -0.4 is 4.74 Å². The Kier molecular flexibility index (Phi) is 2.44. The van der Waals surface area contributed by atoms with Gasteiger partial charge in [0.1, 0.15) is 11.4 Å². The van der Waals surface area contributed by atoms with Crippen LogP contribution >= 0.6 is 0 Å². The standard InChI is InChI=1S/C17H12N2O2/c1-21-12-8-6-11(7-9-12)19-16-15(10-18-19)13-4-2-3-5-14(13)17(16)20/h2-10H,1H3. The van der Waals surface area contributed by atoms with Gasteiger partial charge in [-0.15, -0.1) is 0 Å². The smallest absolute Gasteiger partial charge is 0.212 e. The molecule has 0 spiro atoms. The van der Waals surface area contributed by atoms with Gasteiger partial charge < -0.3 is 4.74 Å². The summed E-state index contributed by atoms with van der Waals surface area (Å²) in [4.78, 5) is 12.6. The summed E-state index contributed by atoms with van der Waals surface area (Å²) in [5, 5.41) is 4.37. The van der Waals surface area contributed by atoms with Crippen LogP contribution in [0.25, 0.3) is 16.8 Å². The predicted molar refractivity (Wildman–Crippen MR) is 79.0 cm³/mol. The minimum Gasteiger partial charge on any atom is -0.497 e. The Morgan fingerprint density at radius 2 is 1.67 bits per heavy atom. The molecular formula is C17H12N2O2. The van der Waals surface area contributed by atoms with E-state index in [4.69, 9.17) is 4.74 Å². The summed E-state index contributed by atoms with van der Waals surface area (Å²) < 4.78 is 6.85. The summed E-state index contributed by atoms with van der Waals surface area (Å²) >= 11 is 0. The molecule has 4 heteroatoms. The number of methoxy groups -OCH3 is 1. The number of hydrogen-bond donors (Lipinski definition) is 0. The predicted octanol–water partition coefficient (Wildman–Crippen LogP) is 3.09. The number of ketones is 1. The number of aromatic nitrogens is 2. The second-order valence-corrected chi connectivity index (χ2v) is 4.89. The minimum atomic E-state index is 0.0221. The van der Waals surface area contributed by atoms with E-state index in [2.05, 4.69) is 5.10 Å². The van der Waals surface area contributed by atoms with Gasteiger partial charge in [-0.1, -0.05) is 24.3 Å². The summed E-state index contributed by atoms with van der Waals surface area (Å²) in [5.41, 5.74) is 4.07. The molecule has 0 N–H and O–H groups in total. The largest absolute Gasteiger partial charge is 0.497 e. The summed E-state index contributed by atoms with van der Waals surface area (Å²) in [7, 11) is 1.63. The van der Waals surface area contributed by atoms with Gasteiger partial charge in [0.2, 0.25) is 5.78 Å². The second-order valence-electron chi connectivity index (χ2n) is 4.89. The molecule has 1 aliphatic rings. The maximum Gasteiger partial charge on any atom is 0.212 e. The van der Waals surface area contributed by atoms with Gasteiger partial charge in [0.05, 0.1) is 19.0 Å². The molecule has 0 aliphatic heterocycles. The van der Waals surface area contributed by atoms with Gasteiger partial charge in [0, 0.05) is 11.1 Å². The Bertz CT molecular complexity index is 847. The van der Waals surface area contributed by atoms with Crippen molar-refractivity contribution in [2.75, 3.05) is 7.11 Å². The van der Waals surface area contributed by atoms with Crippen molar-refractivity contribution in [1.82, 2.24) is 9.78 Å². The summed E-state index contributed by atoms with van der Waals surface area (Å²) in [6.07, 6.45) is 1.75. The first-order chi connectivity index (χ1) is 10.3. The lowest BCUT2D eigenvalue weighted by atomic mass is 10.1. The van der Waals surface area contributed by atoms with Crippen molar-refractivity contribution in [2.24, 2.45) is 0 Å². The van der Waals surface area contributed by atoms with E-state index < -0.39 is 0 Å². The number of carbonyl (C=O) groups is 1. The van der Waals surface area contributed by atoms with Crippen molar-refractivity contribution >= 4 is 5.78 Å². The van der Waals surface area contributed by atoms with Gasteiger partial charge in [-0.3, -0.25) is 4.79 Å². The summed E-state index contributed by atoms with van der Waals surface area (Å²) in [6.45, 7) is 0. The van der Waals surface area contributed by atoms with Crippen molar-refractivity contribution < 1.29 is 9.53 Å². The van der Waals surface area contributed by atoms with Crippen LogP contribution in [-0.4, -0.2) is 22.7 Å². The molecular weight excluding hydrogens is 264 g/mol. The van der Waals surface area contributed by atoms with E-state index in [-0.39, 0.29) is 5.78 Å². The average Bonchev–Trinajstić information content (AvgIpc) is 3.09. The van der Waals surface area contributed by atoms with E-state index >= 15 is 0 Å². The van der Waals surface area contributed by atoms with E-state index in [9.17, 15) is 4.79 Å². The summed E-state index contributed by atoms with van der Waals surface area (Å²) in [6, 6.07) is 15.1. The molecule has 0 unspecified atom stereocenters. The van der Waals surface area contributed by atoms with Gasteiger partial charge in [0.15, 0.2) is 0 Å². The molecule has 4 rings (SSSR count). The lowest BCUT2D eigenvalue weighted by Crippen LogP contribution is -2.07. The van der Waals surface area contributed by atoms with Crippen molar-refractivity contribution in [3.8, 4) is 22.6 Å². The number of hydrogen-bond acceptors (Lipinski definition) is 3. The number of benzene rings is 2. The molecule has 21 heavy (non-hydrogen) atoms. The van der Waals surface area contributed by atoms with Crippen molar-refractivity contribution in [2.45, 2.75) is 0 Å². The molecule has 1 aromatic heterocycles. The molecule has 0 saturated heterocycles. The van der Waals surface area contributed by atoms with Gasteiger partial charge in [-0.25, -0.2) is 4.68 Å². The molecule has 4 nitrogen and oxygen atoms in total. The van der Waals surface area contributed by atoms with Crippen LogP contribution in [0.15, 0.2) is 54.7 Å². The minimum absolute atomic E-state index is 0.0221. The van der Waals surface area contributed by atoms with Gasteiger partial charge in [-0.2, -0.15) is 5.10 Å². The van der Waals surface area contributed by atoms with Crippen LogP contribution in [0.3, 0.4) is 0 Å². The maximum absolute atomic E-state index is 12.6. The van der Waals surface area contributed by atoms with E-state index in [0.29, 0.717) is 5.69 Å². The van der Waals surface area contributed by atoms with E-state index in [0.717, 1.165) is 28.1 Å². The molecule has 0 atom stereocenters. The third kappa shape index (κ3) is 1.62. The molecule has 0 fully saturated rings. The first-order valence-electron chi connectivity index (χ1n) is 6.66. The maximum atomic E-state index is 12.6. The van der Waals surface area contributed by atoms with E-state index in [1.54, 1.807) is 18.0 Å². The molecule has 0 bridgehead atoms. The molecule has 3 aromatic rings. The fraction of sp³-hybridized carbons (Fsp3) is 0.0588. The molecule has 0 saturated carbocycles. The Hall–Kier alpha value is -2.88. The van der Waals surface area contributed by atoms with Gasteiger partial charge in [0.25, 0.3) is 0 Å². The van der Waals surface area contributed by atoms with Crippen molar-refractivity contribution in [3.63, 3.8) is 0 Å². The molecule has 0 amide bonds. The number of nitrogens with zero attached hydrogens (tertiary/aromatic N) is 2. The molecule has 102 valence electrons. The first-order valence-corrected chi connectivity index (χ1v) is 6.66. The first kappa shape index (κ1) is 11.9. The van der Waals surface area contributed by atoms with E-state index in [1.807, 2.05) is 48.5 Å². The fourth-order valence-electron chi connectivity index (χ4n) is 2.73. The summed E-state index contributed by atoms with van der Waals surface area (Å²) in [5.74, 6) is 0.797. The third-order valence-corrected chi connectivity index (χ3v) is 3.76. The zero-order valence-corrected chi connectivity index (χ0v) is 11.4. The lowest BCUT2D eigenvalue weighted by molar-refractivity contribution is 0.103. The van der Waals surface area contributed by atoms with Crippen LogP contribution in [0, 0.1) is 0 Å². The number of ether oxygens (including phenoxy) is 1. The van der Waals surface area contributed by atoms with Gasteiger partial charge >= 0.3 is 0 Å². The SMILES string of the molecule is COc1ccc(-n2ncc3c2C(=O)c2ccccc2-3)cc1. The average molecular weight is 276 g/mol. The fourth-order valence-corrected chi connectivity index (χ4v) is 2.73. The van der Waals surface area contributed by atoms with E-state index in [1.165, 1.54) is 0 Å². The zero-order valence-electron chi connectivity index (χ0n) is 11.4. The number of rotatable bonds is 2. The van der Waals surface area contributed by atoms with Crippen LogP contribution in [0.4, 0.5) is 0 Å². The normalized spacial score (nSPS) is 12.1. The molecule has 2 aromatic carbocycles. The highest BCUT2D eigenvalue weighted by Crippen LogP contribution is 2.37. The quantitative estimate of drug-likeness (QED) is 0.565. The van der Waals surface area contributed by atoms with Crippen LogP contribution in [0.2, 0.25) is 0 Å². The zero-order chi connectivity index (χ0) is 14.4. The Balaban J connectivity index is 1.88. The Morgan fingerprint density at radius 3 is 2.38 bits per heavy atom. The Morgan fingerprint density at radius 1 is 0.952 bits per heavy atom. The van der Waals surface area contributed by atoms with Crippen LogP contribution in [0.5, 0.6) is 5.75 Å². The monoisotopic (exact) mass is 276 g/mol. The number of fused-ring (bicyclic) bond motifs is 3. The highest BCUT2D eigenvalue weighted by molar-refractivity contribution is 6.20. The number of carbonyl (C=O) groups excluding carboxylic acids is 1. The van der Waals surface area contributed by atoms with Gasteiger partial charge in [-0.05, 0) is 29.8 Å². The highest BCUT2D eigenvalue weighted by Gasteiger charge is 2.31. The molecule has 0 radical (unpaired) electrons. The van der Waals surface area contributed by atoms with Crippen molar-refractivity contribution in [1.29, 1.82) is 0 Å². The van der Waals surface area contributed by atoms with Crippen LogP contribution in [-0.2, 0) is 0 Å². The molecule has 1 heterocycles.